The van der Waals surface area contributed by atoms with Gasteiger partial charge in [-0.25, -0.2) is 8.42 Å². The molecule has 102 valence electrons. The molecule has 5 nitrogen and oxygen atoms in total. The number of ether oxygens (including phenoxy) is 1. The second kappa shape index (κ2) is 5.90. The second-order valence-electron chi connectivity index (χ2n) is 4.27. The molecule has 0 aromatic heterocycles. The summed E-state index contributed by atoms with van der Waals surface area (Å²) < 4.78 is 32.7. The van der Waals surface area contributed by atoms with Crippen molar-refractivity contribution < 1.29 is 13.2 Å². The fraction of sp³-hybridized carbons (Fsp3) is 0.417. The van der Waals surface area contributed by atoms with Crippen molar-refractivity contribution in [3.63, 3.8) is 0 Å². The van der Waals surface area contributed by atoms with E-state index in [1.165, 1.54) is 0 Å². The van der Waals surface area contributed by atoms with E-state index in [0.717, 1.165) is 0 Å². The van der Waals surface area contributed by atoms with E-state index in [9.17, 15) is 8.42 Å². The molecule has 0 radical (unpaired) electrons. The van der Waals surface area contributed by atoms with Gasteiger partial charge in [0.2, 0.25) is 10.0 Å². The van der Waals surface area contributed by atoms with E-state index in [2.05, 4.69) is 20.7 Å². The first-order chi connectivity index (χ1) is 9.03. The summed E-state index contributed by atoms with van der Waals surface area (Å²) in [6.45, 7) is 0.945. The minimum Gasteiger partial charge on any atom is -0.381 e. The Morgan fingerprint density at radius 3 is 2.63 bits per heavy atom. The van der Waals surface area contributed by atoms with Crippen molar-refractivity contribution in [2.24, 2.45) is 0 Å². The Bertz CT molecular complexity index is 604. The lowest BCUT2D eigenvalue weighted by Gasteiger charge is -2.23. The van der Waals surface area contributed by atoms with Crippen LogP contribution in [0.25, 0.3) is 0 Å². The Labute approximate surface area is 120 Å². The third-order valence-electron chi connectivity index (χ3n) is 2.96. The molecule has 19 heavy (non-hydrogen) atoms. The number of nitrogens with zero attached hydrogens (tertiary/aromatic N) is 1. The molecule has 0 unspecified atom stereocenters. The van der Waals surface area contributed by atoms with Gasteiger partial charge in [-0.05, 0) is 47.0 Å². The van der Waals surface area contributed by atoms with E-state index in [-0.39, 0.29) is 0 Å². The summed E-state index contributed by atoms with van der Waals surface area (Å²) >= 11 is 3.26. The number of sulfonamides is 1. The zero-order valence-electron chi connectivity index (χ0n) is 10.1. The quantitative estimate of drug-likeness (QED) is 0.911. The van der Waals surface area contributed by atoms with Crippen LogP contribution in [0.4, 0.5) is 5.69 Å². The summed E-state index contributed by atoms with van der Waals surface area (Å²) in [5.74, 6) is 0. The SMILES string of the molecule is N#Cc1ccc(NS(=O)(=O)C2CCOCC2)c(Br)c1. The summed E-state index contributed by atoms with van der Waals surface area (Å²) in [5.41, 5.74) is 0.923. The summed E-state index contributed by atoms with van der Waals surface area (Å²) in [6.07, 6.45) is 1.01. The van der Waals surface area contributed by atoms with E-state index in [4.69, 9.17) is 10.00 Å². The van der Waals surface area contributed by atoms with E-state index in [1.807, 2.05) is 6.07 Å². The third-order valence-corrected chi connectivity index (χ3v) is 5.47. The van der Waals surface area contributed by atoms with Crippen molar-refractivity contribution >= 4 is 31.6 Å². The number of nitrogens with one attached hydrogen (secondary N) is 1. The maximum Gasteiger partial charge on any atom is 0.235 e. The molecule has 1 aliphatic heterocycles. The van der Waals surface area contributed by atoms with Gasteiger partial charge in [-0.1, -0.05) is 0 Å². The van der Waals surface area contributed by atoms with E-state index >= 15 is 0 Å². The Morgan fingerprint density at radius 1 is 1.37 bits per heavy atom. The summed E-state index contributed by atoms with van der Waals surface area (Å²) in [6, 6.07) is 6.74. The van der Waals surface area contributed by atoms with Crippen LogP contribution in [0, 0.1) is 11.3 Å². The molecule has 0 saturated carbocycles. The lowest BCUT2D eigenvalue weighted by Crippen LogP contribution is -2.33. The normalized spacial score (nSPS) is 16.8. The van der Waals surface area contributed by atoms with Crippen LogP contribution in [0.5, 0.6) is 0 Å². The van der Waals surface area contributed by atoms with E-state index in [1.54, 1.807) is 18.2 Å². The summed E-state index contributed by atoms with van der Waals surface area (Å²) in [7, 11) is -3.42. The van der Waals surface area contributed by atoms with Crippen LogP contribution in [-0.2, 0) is 14.8 Å². The lowest BCUT2D eigenvalue weighted by molar-refractivity contribution is 0.0984. The Morgan fingerprint density at radius 2 is 2.05 bits per heavy atom. The highest BCUT2D eigenvalue weighted by Gasteiger charge is 2.28. The molecule has 0 amide bonds. The standard InChI is InChI=1S/C12H13BrN2O3S/c13-11-7-9(8-14)1-2-12(11)15-19(16,17)10-3-5-18-6-4-10/h1-2,7,10,15H,3-6H2. The first-order valence-electron chi connectivity index (χ1n) is 5.82. The monoisotopic (exact) mass is 344 g/mol. The number of nitriles is 1. The summed E-state index contributed by atoms with van der Waals surface area (Å²) in [5, 5.41) is 8.34. The zero-order chi connectivity index (χ0) is 13.9. The minimum atomic E-state index is -3.42. The minimum absolute atomic E-state index is 0.427. The molecule has 2 rings (SSSR count). The van der Waals surface area contributed by atoms with Crippen molar-refractivity contribution in [2.75, 3.05) is 17.9 Å². The highest BCUT2D eigenvalue weighted by molar-refractivity contribution is 9.10. The summed E-state index contributed by atoms with van der Waals surface area (Å²) in [4.78, 5) is 0. The first-order valence-corrected chi connectivity index (χ1v) is 8.16. The van der Waals surface area contributed by atoms with Gasteiger partial charge in [-0.15, -0.1) is 0 Å². The number of rotatable bonds is 3. The molecule has 0 aliphatic carbocycles. The fourth-order valence-electron chi connectivity index (χ4n) is 1.89. The second-order valence-corrected chi connectivity index (χ2v) is 7.08. The van der Waals surface area contributed by atoms with Gasteiger partial charge >= 0.3 is 0 Å². The topological polar surface area (TPSA) is 79.2 Å². The Kier molecular flexibility index (Phi) is 4.45. The van der Waals surface area contributed by atoms with Gasteiger partial charge in [-0.3, -0.25) is 4.72 Å². The van der Waals surface area contributed by atoms with Crippen molar-refractivity contribution in [1.82, 2.24) is 0 Å². The van der Waals surface area contributed by atoms with E-state index < -0.39 is 15.3 Å². The molecule has 1 aromatic carbocycles. The third kappa shape index (κ3) is 3.47. The van der Waals surface area contributed by atoms with Crippen LogP contribution in [0.2, 0.25) is 0 Å². The maximum absolute atomic E-state index is 12.2. The van der Waals surface area contributed by atoms with Crippen LogP contribution < -0.4 is 4.72 Å². The molecular weight excluding hydrogens is 332 g/mol. The van der Waals surface area contributed by atoms with Crippen molar-refractivity contribution in [3.05, 3.63) is 28.2 Å². The van der Waals surface area contributed by atoms with Gasteiger partial charge in [-0.2, -0.15) is 5.26 Å². The average molecular weight is 345 g/mol. The van der Waals surface area contributed by atoms with Crippen LogP contribution >= 0.6 is 15.9 Å². The molecule has 1 N–H and O–H groups in total. The lowest BCUT2D eigenvalue weighted by atomic mass is 10.2. The van der Waals surface area contributed by atoms with Crippen LogP contribution in [-0.4, -0.2) is 26.9 Å². The highest BCUT2D eigenvalue weighted by atomic mass is 79.9. The van der Waals surface area contributed by atoms with Crippen molar-refractivity contribution in [1.29, 1.82) is 5.26 Å². The zero-order valence-corrected chi connectivity index (χ0v) is 12.5. The van der Waals surface area contributed by atoms with Gasteiger partial charge in [0.05, 0.1) is 22.6 Å². The number of anilines is 1. The highest BCUT2D eigenvalue weighted by Crippen LogP contribution is 2.26. The van der Waals surface area contributed by atoms with Gasteiger partial charge in [0.25, 0.3) is 0 Å². The predicted molar refractivity (Wildman–Crippen MR) is 75.2 cm³/mol. The smallest absolute Gasteiger partial charge is 0.235 e. The fourth-order valence-corrected chi connectivity index (χ4v) is 3.96. The molecule has 0 bridgehead atoms. The van der Waals surface area contributed by atoms with Crippen molar-refractivity contribution in [3.8, 4) is 6.07 Å². The van der Waals surface area contributed by atoms with Gasteiger partial charge < -0.3 is 4.74 Å². The molecular formula is C12H13BrN2O3S. The molecule has 0 atom stereocenters. The molecule has 1 fully saturated rings. The van der Waals surface area contributed by atoms with Crippen LogP contribution in [0.1, 0.15) is 18.4 Å². The Hall–Kier alpha value is -1.10. The maximum atomic E-state index is 12.2. The average Bonchev–Trinajstić information content (AvgIpc) is 2.42. The number of hydrogen-bond donors (Lipinski definition) is 1. The molecule has 1 saturated heterocycles. The predicted octanol–water partition coefficient (Wildman–Crippen LogP) is 2.24. The molecule has 1 heterocycles. The van der Waals surface area contributed by atoms with Gasteiger partial charge in [0, 0.05) is 17.7 Å². The van der Waals surface area contributed by atoms with Gasteiger partial charge in [0.1, 0.15) is 0 Å². The number of benzene rings is 1. The van der Waals surface area contributed by atoms with E-state index in [0.29, 0.717) is 41.8 Å². The first kappa shape index (κ1) is 14.3. The van der Waals surface area contributed by atoms with Crippen molar-refractivity contribution in [2.45, 2.75) is 18.1 Å². The molecule has 0 spiro atoms. The molecule has 1 aliphatic rings. The number of hydrogen-bond acceptors (Lipinski definition) is 4. The van der Waals surface area contributed by atoms with Crippen LogP contribution in [0.15, 0.2) is 22.7 Å². The van der Waals surface area contributed by atoms with Gasteiger partial charge in [0.15, 0.2) is 0 Å². The molecule has 1 aromatic rings. The Balaban J connectivity index is 2.18. The largest absolute Gasteiger partial charge is 0.381 e. The molecule has 7 heteroatoms. The number of halogens is 1. The van der Waals surface area contributed by atoms with Crippen LogP contribution in [0.3, 0.4) is 0 Å².